The molecule has 2 heterocycles. The fraction of sp³-hybridized carbons (Fsp3) is 0.500. The van der Waals surface area contributed by atoms with E-state index in [0.29, 0.717) is 12.2 Å². The smallest absolute Gasteiger partial charge is 0.156 e. The van der Waals surface area contributed by atoms with Crippen molar-refractivity contribution in [2.75, 3.05) is 12.3 Å². The summed E-state index contributed by atoms with van der Waals surface area (Å²) in [6.07, 6.45) is 1.10. The van der Waals surface area contributed by atoms with Gasteiger partial charge in [-0.3, -0.25) is 4.98 Å². The molecule has 1 aliphatic rings. The van der Waals surface area contributed by atoms with Crippen LogP contribution in [0, 0.1) is 5.82 Å². The van der Waals surface area contributed by atoms with Crippen LogP contribution >= 0.6 is 0 Å². The highest BCUT2D eigenvalue weighted by atomic mass is 32.2. The number of aromatic nitrogens is 1. The molecule has 0 amide bonds. The first-order chi connectivity index (χ1) is 7.50. The number of pyridine rings is 1. The van der Waals surface area contributed by atoms with E-state index in [1.807, 2.05) is 0 Å². The van der Waals surface area contributed by atoms with Gasteiger partial charge in [0.15, 0.2) is 9.84 Å². The molecule has 2 atom stereocenters. The van der Waals surface area contributed by atoms with Crippen molar-refractivity contribution in [2.24, 2.45) is 0 Å². The van der Waals surface area contributed by atoms with Crippen LogP contribution < -0.4 is 5.32 Å². The predicted molar refractivity (Wildman–Crippen MR) is 58.2 cm³/mol. The van der Waals surface area contributed by atoms with Crippen molar-refractivity contribution in [3.8, 4) is 0 Å². The number of sulfone groups is 1. The van der Waals surface area contributed by atoms with Crippen LogP contribution in [-0.4, -0.2) is 30.9 Å². The molecule has 2 unspecified atom stereocenters. The first-order valence-corrected chi connectivity index (χ1v) is 6.78. The molecule has 0 radical (unpaired) electrons. The lowest BCUT2D eigenvalue weighted by atomic mass is 10.1. The van der Waals surface area contributed by atoms with Crippen LogP contribution in [0.15, 0.2) is 18.3 Å². The van der Waals surface area contributed by atoms with E-state index in [-0.39, 0.29) is 11.8 Å². The van der Waals surface area contributed by atoms with Crippen molar-refractivity contribution in [1.82, 2.24) is 10.3 Å². The summed E-state index contributed by atoms with van der Waals surface area (Å²) in [6, 6.07) is 2.46. The Balaban J connectivity index is 2.30. The van der Waals surface area contributed by atoms with Crippen molar-refractivity contribution in [3.63, 3.8) is 0 Å². The van der Waals surface area contributed by atoms with Gasteiger partial charge < -0.3 is 5.32 Å². The molecular weight excluding hydrogens is 231 g/mol. The summed E-state index contributed by atoms with van der Waals surface area (Å²) in [5, 5.41) is 2.57. The first kappa shape index (κ1) is 11.5. The predicted octanol–water partition coefficient (Wildman–Crippen LogP) is 0.668. The van der Waals surface area contributed by atoms with E-state index in [0.717, 1.165) is 6.20 Å². The maximum atomic E-state index is 12.7. The SMILES string of the molecule is CC1C(c2ccc(F)cn2)NCCS1(=O)=O. The Morgan fingerprint density at radius 1 is 1.50 bits per heavy atom. The van der Waals surface area contributed by atoms with Crippen LogP contribution in [0.25, 0.3) is 0 Å². The first-order valence-electron chi connectivity index (χ1n) is 5.07. The van der Waals surface area contributed by atoms with E-state index in [4.69, 9.17) is 0 Å². The topological polar surface area (TPSA) is 59.1 Å². The lowest BCUT2D eigenvalue weighted by Crippen LogP contribution is -2.45. The molecular formula is C10H13FN2O2S. The van der Waals surface area contributed by atoms with Gasteiger partial charge in [0.1, 0.15) is 5.82 Å². The average molecular weight is 244 g/mol. The monoisotopic (exact) mass is 244 g/mol. The molecule has 1 N–H and O–H groups in total. The third kappa shape index (κ3) is 2.08. The molecule has 1 aromatic rings. The largest absolute Gasteiger partial charge is 0.307 e. The van der Waals surface area contributed by atoms with Gasteiger partial charge in [-0.1, -0.05) is 0 Å². The lowest BCUT2D eigenvalue weighted by molar-refractivity contribution is 0.474. The van der Waals surface area contributed by atoms with Crippen LogP contribution in [-0.2, 0) is 9.84 Å². The molecule has 1 aliphatic heterocycles. The number of nitrogens with one attached hydrogen (secondary N) is 1. The van der Waals surface area contributed by atoms with Crippen molar-refractivity contribution in [3.05, 3.63) is 29.8 Å². The zero-order valence-electron chi connectivity index (χ0n) is 8.85. The maximum Gasteiger partial charge on any atom is 0.156 e. The zero-order chi connectivity index (χ0) is 11.8. The summed E-state index contributed by atoms with van der Waals surface area (Å²) >= 11 is 0. The van der Waals surface area contributed by atoms with E-state index >= 15 is 0 Å². The van der Waals surface area contributed by atoms with E-state index in [1.54, 1.807) is 6.92 Å². The minimum atomic E-state index is -3.07. The van der Waals surface area contributed by atoms with E-state index in [2.05, 4.69) is 10.3 Å². The van der Waals surface area contributed by atoms with Gasteiger partial charge >= 0.3 is 0 Å². The van der Waals surface area contributed by atoms with E-state index < -0.39 is 20.9 Å². The van der Waals surface area contributed by atoms with Crippen LogP contribution in [0.3, 0.4) is 0 Å². The van der Waals surface area contributed by atoms with Crippen molar-refractivity contribution >= 4 is 9.84 Å². The molecule has 88 valence electrons. The fourth-order valence-corrected chi connectivity index (χ4v) is 3.26. The highest BCUT2D eigenvalue weighted by molar-refractivity contribution is 7.92. The molecule has 4 nitrogen and oxygen atoms in total. The number of nitrogens with zero attached hydrogens (tertiary/aromatic N) is 1. The molecule has 1 aromatic heterocycles. The number of hydrogen-bond donors (Lipinski definition) is 1. The van der Waals surface area contributed by atoms with Gasteiger partial charge in [-0.05, 0) is 19.1 Å². The molecule has 0 saturated carbocycles. The molecule has 6 heteroatoms. The summed E-state index contributed by atoms with van der Waals surface area (Å²) in [7, 11) is -3.07. The molecule has 0 aromatic carbocycles. The van der Waals surface area contributed by atoms with Gasteiger partial charge in [0, 0.05) is 6.54 Å². The highest BCUT2D eigenvalue weighted by Crippen LogP contribution is 2.24. The normalized spacial score (nSPS) is 28.9. The second-order valence-corrected chi connectivity index (χ2v) is 6.38. The summed E-state index contributed by atoms with van der Waals surface area (Å²) < 4.78 is 36.1. The second kappa shape index (κ2) is 4.10. The van der Waals surface area contributed by atoms with Gasteiger partial charge in [-0.2, -0.15) is 0 Å². The third-order valence-electron chi connectivity index (χ3n) is 2.86. The Morgan fingerprint density at radius 2 is 2.25 bits per heavy atom. The molecule has 0 spiro atoms. The maximum absolute atomic E-state index is 12.7. The van der Waals surface area contributed by atoms with Crippen LogP contribution in [0.4, 0.5) is 4.39 Å². The Labute approximate surface area is 93.8 Å². The fourth-order valence-electron chi connectivity index (χ4n) is 1.83. The Morgan fingerprint density at radius 3 is 2.88 bits per heavy atom. The summed E-state index contributed by atoms with van der Waals surface area (Å²) in [4.78, 5) is 3.92. The minimum absolute atomic E-state index is 0.145. The second-order valence-electron chi connectivity index (χ2n) is 3.91. The van der Waals surface area contributed by atoms with Gasteiger partial charge in [0.2, 0.25) is 0 Å². The molecule has 16 heavy (non-hydrogen) atoms. The Hall–Kier alpha value is -1.01. The summed E-state index contributed by atoms with van der Waals surface area (Å²) in [5.74, 6) is -0.277. The van der Waals surface area contributed by atoms with Crippen LogP contribution in [0.1, 0.15) is 18.7 Å². The van der Waals surface area contributed by atoms with Crippen LogP contribution in [0.5, 0.6) is 0 Å². The van der Waals surface area contributed by atoms with Crippen molar-refractivity contribution in [1.29, 1.82) is 0 Å². The Bertz CT molecular complexity index is 472. The van der Waals surface area contributed by atoms with Gasteiger partial charge in [0.05, 0.1) is 28.9 Å². The zero-order valence-corrected chi connectivity index (χ0v) is 9.67. The van der Waals surface area contributed by atoms with E-state index in [9.17, 15) is 12.8 Å². The summed E-state index contributed by atoms with van der Waals surface area (Å²) in [5.41, 5.74) is 0.567. The quantitative estimate of drug-likeness (QED) is 0.788. The standard InChI is InChI=1S/C10H13FN2O2S/c1-7-10(12-4-5-16(7,14)15)9-3-2-8(11)6-13-9/h2-3,6-7,10,12H,4-5H2,1H3. The van der Waals surface area contributed by atoms with Crippen molar-refractivity contribution < 1.29 is 12.8 Å². The lowest BCUT2D eigenvalue weighted by Gasteiger charge is -2.29. The summed E-state index contributed by atoms with van der Waals surface area (Å²) in [6.45, 7) is 2.06. The van der Waals surface area contributed by atoms with Crippen LogP contribution in [0.2, 0.25) is 0 Å². The average Bonchev–Trinajstić information content (AvgIpc) is 2.24. The van der Waals surface area contributed by atoms with E-state index in [1.165, 1.54) is 12.1 Å². The molecule has 2 rings (SSSR count). The molecule has 0 aliphatic carbocycles. The number of rotatable bonds is 1. The third-order valence-corrected chi connectivity index (χ3v) is 5.03. The highest BCUT2D eigenvalue weighted by Gasteiger charge is 2.34. The molecule has 0 bridgehead atoms. The van der Waals surface area contributed by atoms with Crippen molar-refractivity contribution in [2.45, 2.75) is 18.2 Å². The molecule has 1 saturated heterocycles. The number of hydrogen-bond acceptors (Lipinski definition) is 4. The molecule has 1 fully saturated rings. The minimum Gasteiger partial charge on any atom is -0.307 e. The van der Waals surface area contributed by atoms with Gasteiger partial charge in [0.25, 0.3) is 0 Å². The Kier molecular flexibility index (Phi) is 2.94. The van der Waals surface area contributed by atoms with Gasteiger partial charge in [-0.25, -0.2) is 12.8 Å². The van der Waals surface area contributed by atoms with Gasteiger partial charge in [-0.15, -0.1) is 0 Å². The number of halogens is 1.